The third-order valence-electron chi connectivity index (χ3n) is 4.33. The topological polar surface area (TPSA) is 73.2 Å². The van der Waals surface area contributed by atoms with E-state index < -0.39 is 5.54 Å². The maximum atomic E-state index is 12.8. The fourth-order valence-corrected chi connectivity index (χ4v) is 3.29. The van der Waals surface area contributed by atoms with E-state index in [0.717, 1.165) is 24.0 Å². The number of carbonyl (C=O) groups excluding carboxylic acids is 2. The Kier molecular flexibility index (Phi) is 3.17. The maximum Gasteiger partial charge on any atom is 0.325 e. The first-order valence-corrected chi connectivity index (χ1v) is 7.20. The highest BCUT2D eigenvalue weighted by Crippen LogP contribution is 2.39. The van der Waals surface area contributed by atoms with Gasteiger partial charge < -0.3 is 5.32 Å². The summed E-state index contributed by atoms with van der Waals surface area (Å²) in [5.74, 6) is -0.588. The molecule has 1 aromatic rings. The van der Waals surface area contributed by atoms with Gasteiger partial charge in [-0.05, 0) is 37.3 Å². The van der Waals surface area contributed by atoms with Crippen LogP contribution in [0.4, 0.5) is 4.79 Å². The van der Waals surface area contributed by atoms with Crippen molar-refractivity contribution >= 4 is 11.9 Å². The monoisotopic (exact) mass is 283 g/mol. The van der Waals surface area contributed by atoms with E-state index >= 15 is 0 Å². The van der Waals surface area contributed by atoms with Crippen molar-refractivity contribution in [3.05, 3.63) is 35.4 Å². The fraction of sp³-hybridized carbons (Fsp3) is 0.438. The van der Waals surface area contributed by atoms with Crippen LogP contribution in [0.3, 0.4) is 0 Å². The number of nitrogens with one attached hydrogen (secondary N) is 1. The molecule has 1 aromatic carbocycles. The van der Waals surface area contributed by atoms with Gasteiger partial charge in [-0.1, -0.05) is 24.3 Å². The number of urea groups is 1. The molecule has 0 aromatic heterocycles. The third kappa shape index (κ3) is 1.99. The van der Waals surface area contributed by atoms with Gasteiger partial charge in [-0.25, -0.2) is 4.79 Å². The van der Waals surface area contributed by atoms with Crippen LogP contribution in [0.5, 0.6) is 0 Å². The van der Waals surface area contributed by atoms with Gasteiger partial charge in [0.25, 0.3) is 5.91 Å². The van der Waals surface area contributed by atoms with E-state index in [-0.39, 0.29) is 24.4 Å². The first-order valence-electron chi connectivity index (χ1n) is 7.20. The van der Waals surface area contributed by atoms with Crippen molar-refractivity contribution in [3.63, 3.8) is 0 Å². The molecule has 1 spiro atoms. The zero-order chi connectivity index (χ0) is 15.0. The summed E-state index contributed by atoms with van der Waals surface area (Å²) in [6.45, 7) is 1.85. The highest BCUT2D eigenvalue weighted by molar-refractivity contribution is 6.07. The van der Waals surface area contributed by atoms with Crippen molar-refractivity contribution in [1.29, 1.82) is 5.26 Å². The number of amides is 3. The lowest BCUT2D eigenvalue weighted by molar-refractivity contribution is -0.132. The zero-order valence-electron chi connectivity index (χ0n) is 11.9. The number of imide groups is 1. The summed E-state index contributed by atoms with van der Waals surface area (Å²) in [4.78, 5) is 26.2. The summed E-state index contributed by atoms with van der Waals surface area (Å²) in [5.41, 5.74) is 1.09. The van der Waals surface area contributed by atoms with E-state index in [4.69, 9.17) is 5.26 Å². The van der Waals surface area contributed by atoms with Gasteiger partial charge in [-0.15, -0.1) is 0 Å². The van der Waals surface area contributed by atoms with Crippen LogP contribution in [-0.4, -0.2) is 23.4 Å². The summed E-state index contributed by atoms with van der Waals surface area (Å²) in [7, 11) is 0. The molecule has 0 radical (unpaired) electrons. The quantitative estimate of drug-likeness (QED) is 0.843. The predicted octanol–water partition coefficient (Wildman–Crippen LogP) is 1.93. The van der Waals surface area contributed by atoms with Gasteiger partial charge in [0.05, 0.1) is 12.0 Å². The maximum absolute atomic E-state index is 12.8. The van der Waals surface area contributed by atoms with Crippen molar-refractivity contribution in [2.75, 3.05) is 6.54 Å². The Balaban J connectivity index is 2.00. The first-order chi connectivity index (χ1) is 10.1. The van der Waals surface area contributed by atoms with Gasteiger partial charge in [0.1, 0.15) is 5.54 Å². The minimum absolute atomic E-state index is 0.144. The van der Waals surface area contributed by atoms with E-state index in [9.17, 15) is 9.59 Å². The molecule has 0 unspecified atom stereocenters. The number of benzene rings is 1. The second kappa shape index (κ2) is 4.88. The van der Waals surface area contributed by atoms with Crippen LogP contribution in [0.1, 0.15) is 30.9 Å². The average molecular weight is 283 g/mol. The largest absolute Gasteiger partial charge is 0.325 e. The molecule has 3 amide bonds. The van der Waals surface area contributed by atoms with E-state index in [2.05, 4.69) is 11.4 Å². The van der Waals surface area contributed by atoms with Crippen molar-refractivity contribution < 1.29 is 9.59 Å². The van der Waals surface area contributed by atoms with Gasteiger partial charge in [0.15, 0.2) is 0 Å². The molecule has 1 aliphatic heterocycles. The first kappa shape index (κ1) is 13.6. The molecule has 1 heterocycles. The van der Waals surface area contributed by atoms with Crippen molar-refractivity contribution in [3.8, 4) is 6.07 Å². The molecular weight excluding hydrogens is 266 g/mol. The Morgan fingerprint density at radius 1 is 1.43 bits per heavy atom. The molecule has 5 nitrogen and oxygen atoms in total. The van der Waals surface area contributed by atoms with Crippen LogP contribution in [-0.2, 0) is 16.8 Å². The van der Waals surface area contributed by atoms with Gasteiger partial charge in [0.2, 0.25) is 0 Å². The second-order valence-corrected chi connectivity index (χ2v) is 5.79. The molecule has 2 atom stereocenters. The molecule has 0 saturated carbocycles. The zero-order valence-corrected chi connectivity index (χ0v) is 11.9. The SMILES string of the molecule is C[C@H](C#N)CN1C(=O)N[C@]2(CCCc3ccccc32)C1=O. The molecule has 1 aliphatic carbocycles. The standard InChI is InChI=1S/C16H17N3O2/c1-11(9-17)10-19-14(20)16(18-15(19)21)8-4-6-12-5-2-3-7-13(12)16/h2-3,5,7,11H,4,6,8,10H2,1H3,(H,18,21)/t11-,16+/m1/s1. The summed E-state index contributed by atoms with van der Waals surface area (Å²) < 4.78 is 0. The van der Waals surface area contributed by atoms with Gasteiger partial charge in [0, 0.05) is 6.54 Å². The average Bonchev–Trinajstić information content (AvgIpc) is 2.73. The number of nitriles is 1. The molecule has 3 rings (SSSR count). The summed E-state index contributed by atoms with van der Waals surface area (Å²) >= 11 is 0. The number of carbonyl (C=O) groups is 2. The van der Waals surface area contributed by atoms with E-state index in [1.165, 1.54) is 4.90 Å². The lowest BCUT2D eigenvalue weighted by Crippen LogP contribution is -2.46. The van der Waals surface area contributed by atoms with E-state index in [1.807, 2.05) is 24.3 Å². The van der Waals surface area contributed by atoms with Crippen LogP contribution in [0.15, 0.2) is 24.3 Å². The van der Waals surface area contributed by atoms with Crippen molar-refractivity contribution in [2.45, 2.75) is 31.7 Å². The molecule has 1 saturated heterocycles. The minimum Gasteiger partial charge on any atom is -0.319 e. The highest BCUT2D eigenvalue weighted by Gasteiger charge is 2.53. The molecule has 2 aliphatic rings. The van der Waals surface area contributed by atoms with E-state index in [1.54, 1.807) is 6.92 Å². The fourth-order valence-electron chi connectivity index (χ4n) is 3.29. The van der Waals surface area contributed by atoms with Crippen molar-refractivity contribution in [1.82, 2.24) is 10.2 Å². The number of hydrogen-bond acceptors (Lipinski definition) is 3. The van der Waals surface area contributed by atoms with Gasteiger partial charge in [-0.3, -0.25) is 9.69 Å². The molecular formula is C16H17N3O2. The lowest BCUT2D eigenvalue weighted by Gasteiger charge is -2.33. The Morgan fingerprint density at radius 3 is 2.95 bits per heavy atom. The summed E-state index contributed by atoms with van der Waals surface area (Å²) in [6, 6.07) is 9.46. The molecule has 5 heteroatoms. The van der Waals surface area contributed by atoms with Gasteiger partial charge in [-0.2, -0.15) is 5.26 Å². The summed E-state index contributed by atoms with van der Waals surface area (Å²) in [5, 5.41) is 11.8. The number of aryl methyl sites for hydroxylation is 1. The molecule has 1 N–H and O–H groups in total. The number of fused-ring (bicyclic) bond motifs is 2. The third-order valence-corrected chi connectivity index (χ3v) is 4.33. The number of nitrogens with zero attached hydrogens (tertiary/aromatic N) is 2. The lowest BCUT2D eigenvalue weighted by atomic mass is 9.76. The van der Waals surface area contributed by atoms with Crippen LogP contribution in [0.2, 0.25) is 0 Å². The number of hydrogen-bond donors (Lipinski definition) is 1. The highest BCUT2D eigenvalue weighted by atomic mass is 16.2. The Morgan fingerprint density at radius 2 is 2.19 bits per heavy atom. The number of rotatable bonds is 2. The Hall–Kier alpha value is -2.35. The molecule has 21 heavy (non-hydrogen) atoms. The second-order valence-electron chi connectivity index (χ2n) is 5.79. The van der Waals surface area contributed by atoms with Crippen molar-refractivity contribution in [2.24, 2.45) is 5.92 Å². The molecule has 108 valence electrons. The Labute approximate surface area is 123 Å². The summed E-state index contributed by atoms with van der Waals surface area (Å²) in [6.07, 6.45) is 2.41. The predicted molar refractivity (Wildman–Crippen MR) is 76.1 cm³/mol. The van der Waals surface area contributed by atoms with E-state index in [0.29, 0.717) is 6.42 Å². The van der Waals surface area contributed by atoms with Crippen LogP contribution >= 0.6 is 0 Å². The van der Waals surface area contributed by atoms with Crippen LogP contribution in [0, 0.1) is 17.2 Å². The molecule has 0 bridgehead atoms. The minimum atomic E-state index is -0.929. The Bertz CT molecular complexity index is 649. The van der Waals surface area contributed by atoms with Crippen LogP contribution < -0.4 is 5.32 Å². The normalized spacial score (nSPS) is 25.4. The van der Waals surface area contributed by atoms with Gasteiger partial charge >= 0.3 is 6.03 Å². The molecule has 1 fully saturated rings. The smallest absolute Gasteiger partial charge is 0.319 e. The van der Waals surface area contributed by atoms with Crippen LogP contribution in [0.25, 0.3) is 0 Å².